The minimum Gasteiger partial charge on any atom is -0.466 e. The number of carbonyl (C=O) groups excluding carboxylic acids is 1. The number of nitrogens with zero attached hydrogens (tertiary/aromatic N) is 1. The van der Waals surface area contributed by atoms with Crippen LogP contribution in [0.15, 0.2) is 34.7 Å². The average molecular weight is 271 g/mol. The molecular formula is C17H21NO2. The average Bonchev–Trinajstić information content (AvgIpc) is 2.76. The van der Waals surface area contributed by atoms with Gasteiger partial charge in [-0.2, -0.15) is 0 Å². The smallest absolute Gasteiger partial charge is 0.257 e. The highest BCUT2D eigenvalue weighted by Crippen LogP contribution is 2.23. The van der Waals surface area contributed by atoms with Crippen LogP contribution in [0.25, 0.3) is 0 Å². The molecule has 0 aliphatic carbocycles. The lowest BCUT2D eigenvalue weighted by Gasteiger charge is -2.25. The van der Waals surface area contributed by atoms with E-state index in [4.69, 9.17) is 4.42 Å². The zero-order valence-electron chi connectivity index (χ0n) is 12.7. The first-order valence-electron chi connectivity index (χ1n) is 6.81. The molecule has 0 aliphatic heterocycles. The summed E-state index contributed by atoms with van der Waals surface area (Å²) in [6.07, 6.45) is 0. The van der Waals surface area contributed by atoms with E-state index in [1.165, 1.54) is 5.56 Å². The normalized spacial score (nSPS) is 12.2. The summed E-state index contributed by atoms with van der Waals surface area (Å²) in [5.41, 5.74) is 2.99. The van der Waals surface area contributed by atoms with Crippen molar-refractivity contribution in [2.45, 2.75) is 33.7 Å². The second-order valence-corrected chi connectivity index (χ2v) is 5.33. The van der Waals surface area contributed by atoms with E-state index in [9.17, 15) is 4.79 Å². The second-order valence-electron chi connectivity index (χ2n) is 5.33. The number of rotatable bonds is 3. The maximum atomic E-state index is 12.5. The monoisotopic (exact) mass is 271 g/mol. The van der Waals surface area contributed by atoms with Crippen molar-refractivity contribution in [3.63, 3.8) is 0 Å². The van der Waals surface area contributed by atoms with Crippen molar-refractivity contribution in [1.29, 1.82) is 0 Å². The van der Waals surface area contributed by atoms with Crippen LogP contribution in [0.4, 0.5) is 0 Å². The van der Waals surface area contributed by atoms with Gasteiger partial charge in [-0.3, -0.25) is 4.79 Å². The highest BCUT2D eigenvalue weighted by Gasteiger charge is 2.22. The maximum Gasteiger partial charge on any atom is 0.257 e. The molecule has 1 aromatic heterocycles. The van der Waals surface area contributed by atoms with Gasteiger partial charge >= 0.3 is 0 Å². The zero-order valence-corrected chi connectivity index (χ0v) is 12.7. The first-order valence-corrected chi connectivity index (χ1v) is 6.81. The van der Waals surface area contributed by atoms with E-state index in [1.807, 2.05) is 27.8 Å². The molecule has 0 N–H and O–H groups in total. The van der Waals surface area contributed by atoms with Gasteiger partial charge in [0.2, 0.25) is 0 Å². The standard InChI is InChI=1S/C17H21NO2/c1-11-6-8-15(9-7-11)13(3)18(5)17(19)16-10-12(2)20-14(16)4/h6-10,13H,1-5H3. The third kappa shape index (κ3) is 2.77. The zero-order chi connectivity index (χ0) is 14.9. The number of benzene rings is 1. The second kappa shape index (κ2) is 5.53. The molecule has 0 fully saturated rings. The first-order chi connectivity index (χ1) is 9.40. The van der Waals surface area contributed by atoms with Crippen LogP contribution in [0.3, 0.4) is 0 Å². The topological polar surface area (TPSA) is 33.5 Å². The Morgan fingerprint density at radius 1 is 1.15 bits per heavy atom. The van der Waals surface area contributed by atoms with Gasteiger partial charge < -0.3 is 9.32 Å². The summed E-state index contributed by atoms with van der Waals surface area (Å²) in [6, 6.07) is 10.1. The molecule has 2 aromatic rings. The van der Waals surface area contributed by atoms with Gasteiger partial charge in [-0.15, -0.1) is 0 Å². The lowest BCUT2D eigenvalue weighted by atomic mass is 10.0. The van der Waals surface area contributed by atoms with E-state index in [1.54, 1.807) is 11.0 Å². The van der Waals surface area contributed by atoms with E-state index in [-0.39, 0.29) is 11.9 Å². The molecule has 0 spiro atoms. The van der Waals surface area contributed by atoms with Crippen molar-refractivity contribution < 1.29 is 9.21 Å². The number of aryl methyl sites for hydroxylation is 3. The molecule has 3 heteroatoms. The van der Waals surface area contributed by atoms with Gasteiger partial charge in [0.1, 0.15) is 11.5 Å². The van der Waals surface area contributed by atoms with Gasteiger partial charge in [0.15, 0.2) is 0 Å². The predicted molar refractivity (Wildman–Crippen MR) is 79.9 cm³/mol. The summed E-state index contributed by atoms with van der Waals surface area (Å²) in [4.78, 5) is 14.3. The first kappa shape index (κ1) is 14.4. The van der Waals surface area contributed by atoms with Crippen molar-refractivity contribution in [1.82, 2.24) is 4.90 Å². The Labute approximate surface area is 120 Å². The van der Waals surface area contributed by atoms with E-state index < -0.39 is 0 Å². The molecule has 0 aliphatic rings. The van der Waals surface area contributed by atoms with Gasteiger partial charge in [0.25, 0.3) is 5.91 Å². The molecular weight excluding hydrogens is 250 g/mol. The lowest BCUT2D eigenvalue weighted by molar-refractivity contribution is 0.0741. The molecule has 20 heavy (non-hydrogen) atoms. The summed E-state index contributed by atoms with van der Waals surface area (Å²) < 4.78 is 5.44. The van der Waals surface area contributed by atoms with Gasteiger partial charge in [0, 0.05) is 7.05 Å². The van der Waals surface area contributed by atoms with Gasteiger partial charge in [-0.25, -0.2) is 0 Å². The van der Waals surface area contributed by atoms with Gasteiger partial charge in [-0.1, -0.05) is 29.8 Å². The van der Waals surface area contributed by atoms with Gasteiger partial charge in [-0.05, 0) is 39.3 Å². The number of hydrogen-bond acceptors (Lipinski definition) is 2. The molecule has 1 heterocycles. The predicted octanol–water partition coefficient (Wildman–Crippen LogP) is 4.04. The highest BCUT2D eigenvalue weighted by molar-refractivity contribution is 5.95. The molecule has 2 rings (SSSR count). The largest absolute Gasteiger partial charge is 0.466 e. The van der Waals surface area contributed by atoms with Gasteiger partial charge in [0.05, 0.1) is 11.6 Å². The fourth-order valence-electron chi connectivity index (χ4n) is 2.28. The number of carbonyl (C=O) groups is 1. The molecule has 1 unspecified atom stereocenters. The van der Waals surface area contributed by atoms with Crippen LogP contribution >= 0.6 is 0 Å². The van der Waals surface area contributed by atoms with Crippen LogP contribution in [0.2, 0.25) is 0 Å². The summed E-state index contributed by atoms with van der Waals surface area (Å²) in [6.45, 7) is 7.77. The number of amides is 1. The Bertz CT molecular complexity index is 610. The molecule has 0 saturated heterocycles. The molecule has 1 amide bonds. The quantitative estimate of drug-likeness (QED) is 0.844. The molecule has 0 bridgehead atoms. The fraction of sp³-hybridized carbons (Fsp3) is 0.353. The van der Waals surface area contributed by atoms with Crippen LogP contribution in [0.5, 0.6) is 0 Å². The summed E-state index contributed by atoms with van der Waals surface area (Å²) in [5, 5.41) is 0. The Morgan fingerprint density at radius 2 is 1.75 bits per heavy atom. The van der Waals surface area contributed by atoms with E-state index in [0.717, 1.165) is 11.3 Å². The SMILES string of the molecule is Cc1ccc(C(C)N(C)C(=O)c2cc(C)oc2C)cc1. The Hall–Kier alpha value is -2.03. The maximum absolute atomic E-state index is 12.5. The Morgan fingerprint density at radius 3 is 2.25 bits per heavy atom. The molecule has 1 atom stereocenters. The van der Waals surface area contributed by atoms with Crippen LogP contribution < -0.4 is 0 Å². The summed E-state index contributed by atoms with van der Waals surface area (Å²) >= 11 is 0. The minimum absolute atomic E-state index is 0.00701. The Kier molecular flexibility index (Phi) is 3.98. The number of hydrogen-bond donors (Lipinski definition) is 0. The van der Waals surface area contributed by atoms with E-state index in [2.05, 4.69) is 31.2 Å². The molecule has 0 saturated carbocycles. The third-order valence-electron chi connectivity index (χ3n) is 3.73. The van der Waals surface area contributed by atoms with Crippen molar-refractivity contribution in [2.24, 2.45) is 0 Å². The lowest BCUT2D eigenvalue weighted by Crippen LogP contribution is -2.29. The van der Waals surface area contributed by atoms with E-state index in [0.29, 0.717) is 11.3 Å². The molecule has 0 radical (unpaired) electrons. The van der Waals surface area contributed by atoms with Crippen molar-refractivity contribution in [3.05, 3.63) is 58.5 Å². The number of furan rings is 1. The molecule has 106 valence electrons. The van der Waals surface area contributed by atoms with Crippen molar-refractivity contribution >= 4 is 5.91 Å². The summed E-state index contributed by atoms with van der Waals surface area (Å²) in [5.74, 6) is 1.44. The third-order valence-corrected chi connectivity index (χ3v) is 3.73. The Balaban J connectivity index is 2.22. The van der Waals surface area contributed by atoms with Crippen LogP contribution in [0.1, 0.15) is 46.0 Å². The van der Waals surface area contributed by atoms with Crippen molar-refractivity contribution in [2.75, 3.05) is 7.05 Å². The van der Waals surface area contributed by atoms with Crippen LogP contribution in [0, 0.1) is 20.8 Å². The van der Waals surface area contributed by atoms with E-state index >= 15 is 0 Å². The summed E-state index contributed by atoms with van der Waals surface area (Å²) in [7, 11) is 1.83. The minimum atomic E-state index is -0.00701. The van der Waals surface area contributed by atoms with Crippen molar-refractivity contribution in [3.8, 4) is 0 Å². The van der Waals surface area contributed by atoms with Crippen LogP contribution in [-0.4, -0.2) is 17.9 Å². The van der Waals surface area contributed by atoms with Crippen LogP contribution in [-0.2, 0) is 0 Å². The highest BCUT2D eigenvalue weighted by atomic mass is 16.3. The molecule has 1 aromatic carbocycles. The molecule has 3 nitrogen and oxygen atoms in total. The fourth-order valence-corrected chi connectivity index (χ4v) is 2.28.